The lowest BCUT2D eigenvalue weighted by atomic mass is 10.0. The maximum absolute atomic E-state index is 12.2. The van der Waals surface area contributed by atoms with E-state index in [1.165, 1.54) is 11.9 Å². The minimum atomic E-state index is -0.929. The Bertz CT molecular complexity index is 848. The molecule has 1 atom stereocenters. The molecule has 0 spiro atoms. The van der Waals surface area contributed by atoms with Gasteiger partial charge in [0.15, 0.2) is 0 Å². The Hall–Kier alpha value is -3.22. The minimum absolute atomic E-state index is 0.126. The Kier molecular flexibility index (Phi) is 4.97. The molecule has 0 aliphatic carbocycles. The quantitative estimate of drug-likeness (QED) is 0.641. The number of nitrogens with one attached hydrogen (secondary N) is 1. The summed E-state index contributed by atoms with van der Waals surface area (Å²) < 4.78 is 5.05. The molecule has 2 heterocycles. The van der Waals surface area contributed by atoms with Crippen LogP contribution in [-0.2, 0) is 20.9 Å². The summed E-state index contributed by atoms with van der Waals surface area (Å²) >= 11 is 0. The van der Waals surface area contributed by atoms with Crippen molar-refractivity contribution in [2.75, 3.05) is 20.7 Å². The molecule has 1 N–H and O–H groups in total. The lowest BCUT2D eigenvalue weighted by molar-refractivity contribution is -0.142. The number of nitrogens with zero attached hydrogens (tertiary/aromatic N) is 2. The van der Waals surface area contributed by atoms with E-state index in [1.807, 2.05) is 30.3 Å². The molecule has 26 heavy (non-hydrogen) atoms. The Labute approximate surface area is 151 Å². The van der Waals surface area contributed by atoms with Crippen molar-refractivity contribution in [3.05, 3.63) is 48.2 Å². The first-order chi connectivity index (χ1) is 12.5. The molecule has 134 valence electrons. The highest BCUT2D eigenvalue weighted by molar-refractivity contribution is 6.42. The monoisotopic (exact) mass is 353 g/mol. The number of methoxy groups -OCH3 is 1. The summed E-state index contributed by atoms with van der Waals surface area (Å²) in [6, 6.07) is 11.3. The van der Waals surface area contributed by atoms with Crippen LogP contribution >= 0.6 is 0 Å². The van der Waals surface area contributed by atoms with E-state index >= 15 is 0 Å². The van der Waals surface area contributed by atoms with Crippen LogP contribution in [0.2, 0.25) is 0 Å². The van der Waals surface area contributed by atoms with Crippen LogP contribution in [0, 0.1) is 5.92 Å². The van der Waals surface area contributed by atoms with Gasteiger partial charge in [-0.25, -0.2) is 4.98 Å². The number of hydrogen-bond acceptors (Lipinski definition) is 5. The van der Waals surface area contributed by atoms with Gasteiger partial charge in [-0.05, 0) is 23.3 Å². The van der Waals surface area contributed by atoms with E-state index in [0.29, 0.717) is 5.88 Å². The summed E-state index contributed by atoms with van der Waals surface area (Å²) in [5.74, 6) is -2.08. The van der Waals surface area contributed by atoms with Crippen molar-refractivity contribution in [3.63, 3.8) is 0 Å². The normalized spacial score (nSPS) is 16.7. The van der Waals surface area contributed by atoms with Crippen LogP contribution in [0.3, 0.4) is 0 Å². The highest BCUT2D eigenvalue weighted by atomic mass is 16.5. The fraction of sp³-hybridized carbons (Fsp3) is 0.263. The van der Waals surface area contributed by atoms with Crippen molar-refractivity contribution in [3.8, 4) is 17.0 Å². The average molecular weight is 353 g/mol. The second-order valence-electron chi connectivity index (χ2n) is 6.11. The first kappa shape index (κ1) is 17.6. The van der Waals surface area contributed by atoms with Crippen molar-refractivity contribution in [1.29, 1.82) is 0 Å². The van der Waals surface area contributed by atoms with E-state index in [1.54, 1.807) is 19.4 Å². The zero-order valence-corrected chi connectivity index (χ0v) is 14.6. The fourth-order valence-corrected chi connectivity index (χ4v) is 2.82. The van der Waals surface area contributed by atoms with Gasteiger partial charge in [-0.1, -0.05) is 18.2 Å². The molecule has 2 aromatic rings. The molecule has 0 bridgehead atoms. The van der Waals surface area contributed by atoms with Crippen molar-refractivity contribution < 1.29 is 19.1 Å². The van der Waals surface area contributed by atoms with Crippen molar-refractivity contribution in [1.82, 2.24) is 15.2 Å². The van der Waals surface area contributed by atoms with Crippen molar-refractivity contribution in [2.24, 2.45) is 5.92 Å². The summed E-state index contributed by atoms with van der Waals surface area (Å²) in [5.41, 5.74) is 2.77. The Balaban J connectivity index is 1.66. The second-order valence-corrected chi connectivity index (χ2v) is 6.11. The third-order valence-corrected chi connectivity index (χ3v) is 4.32. The van der Waals surface area contributed by atoms with Crippen LogP contribution in [0.5, 0.6) is 5.88 Å². The summed E-state index contributed by atoms with van der Waals surface area (Å²) in [6.07, 6.45) is 1.72. The number of Topliss-reactive ketones (excluding diaryl/α,β-unsaturated/α-hetero) is 1. The van der Waals surface area contributed by atoms with Crippen LogP contribution in [0.4, 0.5) is 0 Å². The standard InChI is InChI=1S/C19H19N3O4/c1-22-11-15(17(23)19(22)25)18(24)21-9-12-4-3-5-13(8-12)14-6-7-16(26-2)20-10-14/h3-8,10,15H,9,11H2,1-2H3,(H,21,24). The number of pyridine rings is 1. The summed E-state index contributed by atoms with van der Waals surface area (Å²) in [4.78, 5) is 41.0. The summed E-state index contributed by atoms with van der Waals surface area (Å²) in [6.45, 7) is 0.402. The molecule has 0 radical (unpaired) electrons. The van der Waals surface area contributed by atoms with Gasteiger partial charge in [0.1, 0.15) is 5.92 Å². The van der Waals surface area contributed by atoms with E-state index in [9.17, 15) is 14.4 Å². The molecule has 7 nitrogen and oxygen atoms in total. The third-order valence-electron chi connectivity index (χ3n) is 4.32. The number of hydrogen-bond donors (Lipinski definition) is 1. The lowest BCUT2D eigenvalue weighted by Crippen LogP contribution is -2.35. The average Bonchev–Trinajstić information content (AvgIpc) is 2.94. The number of aromatic nitrogens is 1. The van der Waals surface area contributed by atoms with Gasteiger partial charge in [0.05, 0.1) is 7.11 Å². The minimum Gasteiger partial charge on any atom is -0.481 e. The van der Waals surface area contributed by atoms with Gasteiger partial charge in [-0.3, -0.25) is 14.4 Å². The number of amides is 2. The van der Waals surface area contributed by atoms with Gasteiger partial charge in [-0.15, -0.1) is 0 Å². The molecule has 3 rings (SSSR count). The fourth-order valence-electron chi connectivity index (χ4n) is 2.82. The lowest BCUT2D eigenvalue weighted by Gasteiger charge is -2.11. The highest BCUT2D eigenvalue weighted by Crippen LogP contribution is 2.21. The van der Waals surface area contributed by atoms with Gasteiger partial charge in [0.2, 0.25) is 17.6 Å². The van der Waals surface area contributed by atoms with Crippen LogP contribution in [0.25, 0.3) is 11.1 Å². The number of carbonyl (C=O) groups excluding carboxylic acids is 3. The predicted octanol–water partition coefficient (Wildman–Crippen LogP) is 1.03. The molecule has 0 saturated carbocycles. The zero-order chi connectivity index (χ0) is 18.7. The number of ketones is 1. The van der Waals surface area contributed by atoms with E-state index in [2.05, 4.69) is 10.3 Å². The van der Waals surface area contributed by atoms with Gasteiger partial charge in [0.25, 0.3) is 5.91 Å². The third kappa shape index (κ3) is 3.56. The van der Waals surface area contributed by atoms with Crippen molar-refractivity contribution in [2.45, 2.75) is 6.54 Å². The maximum atomic E-state index is 12.2. The van der Waals surface area contributed by atoms with E-state index in [-0.39, 0.29) is 13.1 Å². The molecule has 1 unspecified atom stereocenters. The SMILES string of the molecule is COc1ccc(-c2cccc(CNC(=O)C3CN(C)C(=O)C3=O)c2)cn1. The topological polar surface area (TPSA) is 88.6 Å². The number of benzene rings is 1. The molecular formula is C19H19N3O4. The van der Waals surface area contributed by atoms with Gasteiger partial charge in [-0.2, -0.15) is 0 Å². The number of rotatable bonds is 5. The van der Waals surface area contributed by atoms with E-state index in [0.717, 1.165) is 16.7 Å². The summed E-state index contributed by atoms with van der Waals surface area (Å²) in [5, 5.41) is 2.74. The predicted molar refractivity (Wildman–Crippen MR) is 94.2 cm³/mol. The molecule has 1 aromatic heterocycles. The van der Waals surface area contributed by atoms with E-state index in [4.69, 9.17) is 4.74 Å². The number of likely N-dealkylation sites (N-methyl/N-ethyl adjacent to an activating group) is 1. The number of ether oxygens (including phenoxy) is 1. The van der Waals surface area contributed by atoms with E-state index < -0.39 is 23.5 Å². The molecule has 1 aliphatic heterocycles. The van der Waals surface area contributed by atoms with Crippen molar-refractivity contribution >= 4 is 17.6 Å². The smallest absolute Gasteiger partial charge is 0.290 e. The molecule has 1 aliphatic rings. The van der Waals surface area contributed by atoms with Gasteiger partial charge in [0, 0.05) is 38.0 Å². The molecular weight excluding hydrogens is 334 g/mol. The highest BCUT2D eigenvalue weighted by Gasteiger charge is 2.41. The molecule has 1 saturated heterocycles. The van der Waals surface area contributed by atoms with Crippen LogP contribution in [0.15, 0.2) is 42.6 Å². The van der Waals surface area contributed by atoms with Crippen LogP contribution in [0.1, 0.15) is 5.56 Å². The number of carbonyl (C=O) groups is 3. The molecule has 1 fully saturated rings. The van der Waals surface area contributed by atoms with Crippen LogP contribution < -0.4 is 10.1 Å². The molecule has 2 amide bonds. The Morgan fingerprint density at radius 3 is 2.69 bits per heavy atom. The second kappa shape index (κ2) is 7.35. The largest absolute Gasteiger partial charge is 0.481 e. The first-order valence-electron chi connectivity index (χ1n) is 8.16. The molecule has 1 aromatic carbocycles. The summed E-state index contributed by atoms with van der Waals surface area (Å²) in [7, 11) is 3.08. The maximum Gasteiger partial charge on any atom is 0.290 e. The molecule has 7 heteroatoms. The van der Waals surface area contributed by atoms with Gasteiger partial charge >= 0.3 is 0 Å². The van der Waals surface area contributed by atoms with Crippen LogP contribution in [-0.4, -0.2) is 48.2 Å². The zero-order valence-electron chi connectivity index (χ0n) is 14.6. The Morgan fingerprint density at radius 1 is 1.27 bits per heavy atom. The first-order valence-corrected chi connectivity index (χ1v) is 8.16. The van der Waals surface area contributed by atoms with Gasteiger partial charge < -0.3 is 15.0 Å². The Morgan fingerprint density at radius 2 is 2.08 bits per heavy atom. The number of likely N-dealkylation sites (tertiary alicyclic amines) is 1.